The normalized spacial score (nSPS) is 17.4. The smallest absolute Gasteiger partial charge is 0.270 e. The van der Waals surface area contributed by atoms with Crippen LogP contribution in [-0.2, 0) is 10.0 Å². The molecule has 126 valence electrons. The number of sulfonamides is 1. The van der Waals surface area contributed by atoms with Gasteiger partial charge in [0.05, 0.1) is 21.6 Å². The SMILES string of the molecule is O=[N+]([O-])c1cccc(S(=O)(=O)N2CCC(O)c3cc(Cl)ccc32)c1. The Labute approximate surface area is 143 Å². The van der Waals surface area contributed by atoms with Gasteiger partial charge in [0, 0.05) is 29.3 Å². The first-order valence-corrected chi connectivity index (χ1v) is 8.87. The summed E-state index contributed by atoms with van der Waals surface area (Å²) in [6.07, 6.45) is -0.600. The Hall–Kier alpha value is -2.16. The third-order valence-electron chi connectivity index (χ3n) is 3.84. The topological polar surface area (TPSA) is 101 Å². The second-order valence-corrected chi connectivity index (χ2v) is 7.64. The molecule has 1 atom stereocenters. The standard InChI is InChI=1S/C15H13ClN2O5S/c16-10-4-5-14-13(8-10)15(19)6-7-17(14)24(22,23)12-3-1-2-11(9-12)18(20)21/h1-5,8-9,15,19H,6-7H2. The van der Waals surface area contributed by atoms with E-state index in [0.29, 0.717) is 16.3 Å². The fraction of sp³-hybridized carbons (Fsp3) is 0.200. The van der Waals surface area contributed by atoms with Crippen LogP contribution < -0.4 is 4.31 Å². The van der Waals surface area contributed by atoms with Gasteiger partial charge in [-0.1, -0.05) is 17.7 Å². The van der Waals surface area contributed by atoms with Gasteiger partial charge in [0.25, 0.3) is 15.7 Å². The number of nitro groups is 1. The molecule has 0 radical (unpaired) electrons. The van der Waals surface area contributed by atoms with Crippen LogP contribution in [-0.4, -0.2) is 25.0 Å². The lowest BCUT2D eigenvalue weighted by atomic mass is 10.0. The van der Waals surface area contributed by atoms with E-state index in [1.807, 2.05) is 0 Å². The van der Waals surface area contributed by atoms with Crippen molar-refractivity contribution in [2.45, 2.75) is 17.4 Å². The van der Waals surface area contributed by atoms with Crippen LogP contribution in [0.4, 0.5) is 11.4 Å². The van der Waals surface area contributed by atoms with E-state index < -0.39 is 21.1 Å². The molecule has 1 heterocycles. The van der Waals surface area contributed by atoms with Gasteiger partial charge >= 0.3 is 0 Å². The maximum Gasteiger partial charge on any atom is 0.270 e. The minimum Gasteiger partial charge on any atom is -0.388 e. The van der Waals surface area contributed by atoms with Gasteiger partial charge in [-0.3, -0.25) is 14.4 Å². The van der Waals surface area contributed by atoms with Gasteiger partial charge in [-0.15, -0.1) is 0 Å². The van der Waals surface area contributed by atoms with Crippen LogP contribution in [0.5, 0.6) is 0 Å². The minimum absolute atomic E-state index is 0.0703. The molecule has 0 aromatic heterocycles. The van der Waals surface area contributed by atoms with E-state index >= 15 is 0 Å². The Morgan fingerprint density at radius 3 is 2.71 bits per heavy atom. The molecule has 0 spiro atoms. The van der Waals surface area contributed by atoms with E-state index in [2.05, 4.69) is 0 Å². The third-order valence-corrected chi connectivity index (χ3v) is 5.88. The lowest BCUT2D eigenvalue weighted by Gasteiger charge is -2.33. The second-order valence-electron chi connectivity index (χ2n) is 5.34. The minimum atomic E-state index is -3.99. The molecule has 0 saturated heterocycles. The number of fused-ring (bicyclic) bond motifs is 1. The molecule has 0 aliphatic carbocycles. The first-order chi connectivity index (χ1) is 11.3. The third kappa shape index (κ3) is 2.83. The number of nitro benzene ring substituents is 1. The summed E-state index contributed by atoms with van der Waals surface area (Å²) in [5.41, 5.74) is 0.442. The highest BCUT2D eigenvalue weighted by Crippen LogP contribution is 2.38. The van der Waals surface area contributed by atoms with E-state index in [4.69, 9.17) is 11.6 Å². The fourth-order valence-electron chi connectivity index (χ4n) is 2.67. The van der Waals surface area contributed by atoms with Crippen molar-refractivity contribution < 1.29 is 18.4 Å². The Balaban J connectivity index is 2.10. The zero-order chi connectivity index (χ0) is 17.5. The molecule has 1 unspecified atom stereocenters. The average molecular weight is 369 g/mol. The molecular weight excluding hydrogens is 356 g/mol. The van der Waals surface area contributed by atoms with Gasteiger partial charge in [-0.2, -0.15) is 0 Å². The number of hydrogen-bond acceptors (Lipinski definition) is 5. The van der Waals surface area contributed by atoms with E-state index in [9.17, 15) is 23.6 Å². The summed E-state index contributed by atoms with van der Waals surface area (Å²) in [4.78, 5) is 10.1. The van der Waals surface area contributed by atoms with Crippen LogP contribution in [0.2, 0.25) is 5.02 Å². The molecule has 2 aromatic carbocycles. The van der Waals surface area contributed by atoms with Gasteiger partial charge < -0.3 is 5.11 Å². The van der Waals surface area contributed by atoms with Crippen molar-refractivity contribution in [3.05, 3.63) is 63.2 Å². The van der Waals surface area contributed by atoms with E-state index in [1.165, 1.54) is 36.4 Å². The summed E-state index contributed by atoms with van der Waals surface area (Å²) in [6, 6.07) is 9.47. The number of rotatable bonds is 3. The van der Waals surface area contributed by atoms with Crippen molar-refractivity contribution >= 4 is 33.0 Å². The van der Waals surface area contributed by atoms with Crippen molar-refractivity contribution in [1.29, 1.82) is 0 Å². The van der Waals surface area contributed by atoms with Crippen molar-refractivity contribution in [2.24, 2.45) is 0 Å². The number of non-ortho nitro benzene ring substituents is 1. The lowest BCUT2D eigenvalue weighted by molar-refractivity contribution is -0.385. The number of nitrogens with zero attached hydrogens (tertiary/aromatic N) is 2. The summed E-state index contributed by atoms with van der Waals surface area (Å²) in [6.45, 7) is 0.0703. The maximum atomic E-state index is 12.9. The first kappa shape index (κ1) is 16.7. The number of aliphatic hydroxyl groups excluding tert-OH is 1. The van der Waals surface area contributed by atoms with Crippen molar-refractivity contribution in [3.8, 4) is 0 Å². The largest absolute Gasteiger partial charge is 0.388 e. The van der Waals surface area contributed by atoms with Crippen LogP contribution in [0.1, 0.15) is 18.1 Å². The van der Waals surface area contributed by atoms with Crippen LogP contribution in [0, 0.1) is 10.1 Å². The molecule has 0 bridgehead atoms. The first-order valence-electron chi connectivity index (χ1n) is 7.05. The molecule has 2 aromatic rings. The summed E-state index contributed by atoms with van der Waals surface area (Å²) in [5, 5.41) is 21.4. The van der Waals surface area contributed by atoms with Gasteiger partial charge in [0.15, 0.2) is 0 Å². The Morgan fingerprint density at radius 2 is 2.00 bits per heavy atom. The zero-order valence-corrected chi connectivity index (χ0v) is 13.9. The monoisotopic (exact) mass is 368 g/mol. The van der Waals surface area contributed by atoms with E-state index in [-0.39, 0.29) is 23.5 Å². The quantitative estimate of drug-likeness (QED) is 0.663. The number of hydrogen-bond donors (Lipinski definition) is 1. The molecule has 24 heavy (non-hydrogen) atoms. The highest BCUT2D eigenvalue weighted by atomic mass is 35.5. The van der Waals surface area contributed by atoms with Crippen LogP contribution in [0.15, 0.2) is 47.4 Å². The molecule has 9 heteroatoms. The van der Waals surface area contributed by atoms with Crippen LogP contribution in [0.25, 0.3) is 0 Å². The average Bonchev–Trinajstić information content (AvgIpc) is 2.55. The molecule has 1 aliphatic rings. The summed E-state index contributed by atoms with van der Waals surface area (Å²) >= 11 is 5.92. The lowest BCUT2D eigenvalue weighted by Crippen LogP contribution is -2.36. The highest BCUT2D eigenvalue weighted by molar-refractivity contribution is 7.92. The van der Waals surface area contributed by atoms with Crippen LogP contribution in [0.3, 0.4) is 0 Å². The Kier molecular flexibility index (Phi) is 4.20. The van der Waals surface area contributed by atoms with E-state index in [1.54, 1.807) is 0 Å². The predicted octanol–water partition coefficient (Wildman–Crippen LogP) is 2.88. The summed E-state index contributed by atoms with van der Waals surface area (Å²) < 4.78 is 27.0. The fourth-order valence-corrected chi connectivity index (χ4v) is 4.40. The van der Waals surface area contributed by atoms with Gasteiger partial charge in [-0.25, -0.2) is 8.42 Å². The second kappa shape index (κ2) is 6.04. The molecule has 0 amide bonds. The maximum absolute atomic E-state index is 12.9. The van der Waals surface area contributed by atoms with Crippen molar-refractivity contribution in [2.75, 3.05) is 10.8 Å². The highest BCUT2D eigenvalue weighted by Gasteiger charge is 2.33. The molecule has 0 fully saturated rings. The Bertz CT molecular complexity index is 916. The van der Waals surface area contributed by atoms with Crippen molar-refractivity contribution in [3.63, 3.8) is 0 Å². The van der Waals surface area contributed by atoms with Crippen LogP contribution >= 0.6 is 11.6 Å². The van der Waals surface area contributed by atoms with Crippen molar-refractivity contribution in [1.82, 2.24) is 0 Å². The number of anilines is 1. The molecule has 3 rings (SSSR count). The Morgan fingerprint density at radius 1 is 1.25 bits per heavy atom. The molecule has 0 saturated carbocycles. The number of aliphatic hydroxyl groups is 1. The molecule has 1 N–H and O–H groups in total. The molecule has 7 nitrogen and oxygen atoms in total. The van der Waals surface area contributed by atoms with Gasteiger partial charge in [0.1, 0.15) is 0 Å². The predicted molar refractivity (Wildman–Crippen MR) is 88.7 cm³/mol. The van der Waals surface area contributed by atoms with Gasteiger partial charge in [-0.05, 0) is 30.7 Å². The number of halogens is 1. The molecule has 1 aliphatic heterocycles. The summed E-state index contributed by atoms with van der Waals surface area (Å²) in [5.74, 6) is 0. The number of benzene rings is 2. The van der Waals surface area contributed by atoms with E-state index in [0.717, 1.165) is 10.4 Å². The zero-order valence-electron chi connectivity index (χ0n) is 12.3. The molecular formula is C15H13ClN2O5S. The van der Waals surface area contributed by atoms with Gasteiger partial charge in [0.2, 0.25) is 0 Å². The summed E-state index contributed by atoms with van der Waals surface area (Å²) in [7, 11) is -3.99.